The van der Waals surface area contributed by atoms with Crippen molar-refractivity contribution in [2.45, 2.75) is 0 Å². The molecule has 0 atom stereocenters. The van der Waals surface area contributed by atoms with E-state index in [-0.39, 0.29) is 17.3 Å². The van der Waals surface area contributed by atoms with Crippen molar-refractivity contribution in [1.29, 1.82) is 0 Å². The standard InChI is InChI=1S/C13H13N3O2/c14-9-3-1-2-8(6-9)13(18)16-10-4-5-12(17)11(15)7-10/h1-7,17H,14-15H2,(H,16,18). The molecule has 0 saturated carbocycles. The lowest BCUT2D eigenvalue weighted by Crippen LogP contribution is -2.12. The van der Waals surface area contributed by atoms with Crippen LogP contribution < -0.4 is 16.8 Å². The van der Waals surface area contributed by atoms with E-state index in [1.807, 2.05) is 0 Å². The second-order valence-corrected chi connectivity index (χ2v) is 3.85. The van der Waals surface area contributed by atoms with Gasteiger partial charge in [0.1, 0.15) is 5.75 Å². The van der Waals surface area contributed by atoms with Gasteiger partial charge in [-0.05, 0) is 36.4 Å². The molecule has 2 aromatic carbocycles. The highest BCUT2D eigenvalue weighted by Crippen LogP contribution is 2.23. The molecule has 5 heteroatoms. The first-order valence-electron chi connectivity index (χ1n) is 5.31. The normalized spacial score (nSPS) is 10.0. The highest BCUT2D eigenvalue weighted by molar-refractivity contribution is 6.05. The molecule has 5 nitrogen and oxygen atoms in total. The van der Waals surface area contributed by atoms with E-state index >= 15 is 0 Å². The lowest BCUT2D eigenvalue weighted by atomic mass is 10.2. The number of amides is 1. The Labute approximate surface area is 104 Å². The number of rotatable bonds is 2. The van der Waals surface area contributed by atoms with Crippen molar-refractivity contribution >= 4 is 23.0 Å². The van der Waals surface area contributed by atoms with Crippen molar-refractivity contribution in [2.75, 3.05) is 16.8 Å². The highest BCUT2D eigenvalue weighted by Gasteiger charge is 2.07. The van der Waals surface area contributed by atoms with E-state index < -0.39 is 0 Å². The molecule has 0 fully saturated rings. The van der Waals surface area contributed by atoms with Gasteiger partial charge >= 0.3 is 0 Å². The predicted molar refractivity (Wildman–Crippen MR) is 71.3 cm³/mol. The van der Waals surface area contributed by atoms with Gasteiger partial charge in [-0.2, -0.15) is 0 Å². The smallest absolute Gasteiger partial charge is 0.255 e. The number of hydrogen-bond acceptors (Lipinski definition) is 4. The Morgan fingerprint density at radius 3 is 2.56 bits per heavy atom. The molecular weight excluding hydrogens is 230 g/mol. The van der Waals surface area contributed by atoms with Gasteiger partial charge in [-0.25, -0.2) is 0 Å². The zero-order valence-corrected chi connectivity index (χ0v) is 9.55. The molecule has 0 aromatic heterocycles. The lowest BCUT2D eigenvalue weighted by Gasteiger charge is -2.07. The molecule has 92 valence electrons. The maximum absolute atomic E-state index is 11.9. The Hall–Kier alpha value is -2.69. The number of phenols is 1. The fourth-order valence-electron chi connectivity index (χ4n) is 1.52. The summed E-state index contributed by atoms with van der Waals surface area (Å²) in [7, 11) is 0. The molecule has 0 aliphatic heterocycles. The van der Waals surface area contributed by atoms with E-state index in [0.717, 1.165) is 0 Å². The molecule has 1 amide bonds. The number of anilines is 3. The number of benzene rings is 2. The van der Waals surface area contributed by atoms with Gasteiger partial charge in [0, 0.05) is 16.9 Å². The van der Waals surface area contributed by atoms with Gasteiger partial charge in [0.2, 0.25) is 0 Å². The van der Waals surface area contributed by atoms with Crippen LogP contribution in [0, 0.1) is 0 Å². The molecule has 0 unspecified atom stereocenters. The number of nitrogen functional groups attached to an aromatic ring is 2. The Bertz CT molecular complexity index is 597. The summed E-state index contributed by atoms with van der Waals surface area (Å²) in [6, 6.07) is 11.1. The van der Waals surface area contributed by atoms with Crippen molar-refractivity contribution in [2.24, 2.45) is 0 Å². The van der Waals surface area contributed by atoms with Crippen LogP contribution in [0.5, 0.6) is 5.75 Å². The number of phenolic OH excluding ortho intramolecular Hbond substituents is 1. The molecule has 0 radical (unpaired) electrons. The van der Waals surface area contributed by atoms with Crippen LogP contribution in [0.15, 0.2) is 42.5 Å². The van der Waals surface area contributed by atoms with Gasteiger partial charge in [0.05, 0.1) is 5.69 Å². The quantitative estimate of drug-likeness (QED) is 0.367. The van der Waals surface area contributed by atoms with E-state index in [1.165, 1.54) is 12.1 Å². The van der Waals surface area contributed by atoms with E-state index in [4.69, 9.17) is 11.5 Å². The second-order valence-electron chi connectivity index (χ2n) is 3.85. The van der Waals surface area contributed by atoms with Gasteiger partial charge in [0.15, 0.2) is 0 Å². The third-order valence-electron chi connectivity index (χ3n) is 2.43. The number of aromatic hydroxyl groups is 1. The average Bonchev–Trinajstić information content (AvgIpc) is 2.34. The first kappa shape index (κ1) is 11.8. The predicted octanol–water partition coefficient (Wildman–Crippen LogP) is 1.81. The minimum atomic E-state index is -0.285. The molecule has 0 aliphatic carbocycles. The van der Waals surface area contributed by atoms with Crippen LogP contribution in [-0.2, 0) is 0 Å². The summed E-state index contributed by atoms with van der Waals surface area (Å²) < 4.78 is 0. The molecular formula is C13H13N3O2. The minimum absolute atomic E-state index is 0.0167. The van der Waals surface area contributed by atoms with Crippen LogP contribution in [0.4, 0.5) is 17.1 Å². The molecule has 0 aliphatic rings. The first-order chi connectivity index (χ1) is 8.56. The number of hydrogen-bond donors (Lipinski definition) is 4. The average molecular weight is 243 g/mol. The summed E-state index contributed by atoms with van der Waals surface area (Å²) in [6.07, 6.45) is 0. The zero-order valence-electron chi connectivity index (χ0n) is 9.55. The molecule has 18 heavy (non-hydrogen) atoms. The molecule has 0 spiro atoms. The molecule has 0 heterocycles. The lowest BCUT2D eigenvalue weighted by molar-refractivity contribution is 0.102. The van der Waals surface area contributed by atoms with Crippen LogP contribution in [0.3, 0.4) is 0 Å². The Balaban J connectivity index is 2.18. The van der Waals surface area contributed by atoms with E-state index in [0.29, 0.717) is 16.9 Å². The van der Waals surface area contributed by atoms with Crippen LogP contribution in [0.2, 0.25) is 0 Å². The maximum Gasteiger partial charge on any atom is 0.255 e. The van der Waals surface area contributed by atoms with Gasteiger partial charge in [0.25, 0.3) is 5.91 Å². The van der Waals surface area contributed by atoms with Gasteiger partial charge in [-0.15, -0.1) is 0 Å². The first-order valence-corrected chi connectivity index (χ1v) is 5.31. The molecule has 0 bridgehead atoms. The van der Waals surface area contributed by atoms with Crippen LogP contribution >= 0.6 is 0 Å². The summed E-state index contributed by atoms with van der Waals surface area (Å²) in [4.78, 5) is 11.9. The second kappa shape index (κ2) is 4.67. The van der Waals surface area contributed by atoms with E-state index in [2.05, 4.69) is 5.32 Å². The topological polar surface area (TPSA) is 101 Å². The van der Waals surface area contributed by atoms with Crippen LogP contribution in [0.1, 0.15) is 10.4 Å². The summed E-state index contributed by atoms with van der Waals surface area (Å²) >= 11 is 0. The monoisotopic (exact) mass is 243 g/mol. The molecule has 6 N–H and O–H groups in total. The van der Waals surface area contributed by atoms with E-state index in [1.54, 1.807) is 30.3 Å². The van der Waals surface area contributed by atoms with Gasteiger partial charge < -0.3 is 21.9 Å². The fraction of sp³-hybridized carbons (Fsp3) is 0. The van der Waals surface area contributed by atoms with Crippen molar-refractivity contribution in [3.05, 3.63) is 48.0 Å². The summed E-state index contributed by atoms with van der Waals surface area (Å²) in [5.74, 6) is -0.302. The third kappa shape index (κ3) is 2.52. The largest absolute Gasteiger partial charge is 0.506 e. The Kier molecular flexibility index (Phi) is 3.05. The summed E-state index contributed by atoms with van der Waals surface area (Å²) in [5.41, 5.74) is 12.8. The van der Waals surface area contributed by atoms with Crippen LogP contribution in [-0.4, -0.2) is 11.0 Å². The fourth-order valence-corrected chi connectivity index (χ4v) is 1.52. The molecule has 2 aromatic rings. The van der Waals surface area contributed by atoms with Crippen molar-refractivity contribution in [3.63, 3.8) is 0 Å². The Morgan fingerprint density at radius 1 is 1.11 bits per heavy atom. The highest BCUT2D eigenvalue weighted by atomic mass is 16.3. The van der Waals surface area contributed by atoms with Gasteiger partial charge in [-0.3, -0.25) is 4.79 Å². The van der Waals surface area contributed by atoms with Crippen molar-refractivity contribution < 1.29 is 9.90 Å². The maximum atomic E-state index is 11.9. The minimum Gasteiger partial charge on any atom is -0.506 e. The number of nitrogens with one attached hydrogen (secondary N) is 1. The number of carbonyl (C=O) groups is 1. The van der Waals surface area contributed by atoms with Gasteiger partial charge in [-0.1, -0.05) is 6.07 Å². The van der Waals surface area contributed by atoms with Crippen LogP contribution in [0.25, 0.3) is 0 Å². The van der Waals surface area contributed by atoms with Crippen molar-refractivity contribution in [1.82, 2.24) is 0 Å². The zero-order chi connectivity index (χ0) is 13.1. The number of carbonyl (C=O) groups excluding carboxylic acids is 1. The summed E-state index contributed by atoms with van der Waals surface area (Å²) in [6.45, 7) is 0. The van der Waals surface area contributed by atoms with Crippen molar-refractivity contribution in [3.8, 4) is 5.75 Å². The van der Waals surface area contributed by atoms with E-state index in [9.17, 15) is 9.90 Å². The molecule has 2 rings (SSSR count). The third-order valence-corrected chi connectivity index (χ3v) is 2.43. The summed E-state index contributed by atoms with van der Waals surface area (Å²) in [5, 5.41) is 11.9. The number of nitrogens with two attached hydrogens (primary N) is 2. The Morgan fingerprint density at radius 2 is 1.89 bits per heavy atom. The molecule has 0 saturated heterocycles. The SMILES string of the molecule is Nc1cccc(C(=O)Nc2ccc(O)c(N)c2)c1.